The van der Waals surface area contributed by atoms with Crippen molar-refractivity contribution in [1.82, 2.24) is 29.2 Å². The molecule has 0 amide bonds. The molecule has 1 N–H and O–H groups in total. The molecule has 12 heteroatoms. The van der Waals surface area contributed by atoms with Crippen LogP contribution in [0.25, 0.3) is 16.9 Å². The SMILES string of the molecule is C=CCn1c(=O)c2cnc(Nc3ccc4c(c3)N3CCN(C)C[C@@H]3CN4C)nc2n1-c1cccc(P(C)(C)=O)n1. The summed E-state index contributed by atoms with van der Waals surface area (Å²) in [6, 6.07) is 12.1. The van der Waals surface area contributed by atoms with Gasteiger partial charge < -0.3 is 24.6 Å². The smallest absolute Gasteiger partial charge is 0.278 e. The lowest BCUT2D eigenvalue weighted by Gasteiger charge is -2.48. The molecule has 1 saturated heterocycles. The molecular weight excluding hydrogens is 525 g/mol. The highest BCUT2D eigenvalue weighted by molar-refractivity contribution is 7.69. The summed E-state index contributed by atoms with van der Waals surface area (Å²) in [6.07, 6.45) is 3.19. The lowest BCUT2D eigenvalue weighted by molar-refractivity contribution is 0.265. The Morgan fingerprint density at radius 1 is 1.10 bits per heavy atom. The number of rotatable bonds is 6. The first-order chi connectivity index (χ1) is 19.1. The first-order valence-electron chi connectivity index (χ1n) is 13.3. The van der Waals surface area contributed by atoms with Gasteiger partial charge in [0.1, 0.15) is 18.0 Å². The molecule has 0 unspecified atom stereocenters. The highest BCUT2D eigenvalue weighted by atomic mass is 31.2. The second kappa shape index (κ2) is 9.91. The van der Waals surface area contributed by atoms with Crippen LogP contribution in [0, 0.1) is 0 Å². The number of benzene rings is 1. The molecule has 6 rings (SSSR count). The molecule has 1 aromatic carbocycles. The highest BCUT2D eigenvalue weighted by Gasteiger charge is 2.33. The second-order valence-electron chi connectivity index (χ2n) is 10.9. The summed E-state index contributed by atoms with van der Waals surface area (Å²) < 4.78 is 15.9. The Morgan fingerprint density at radius 3 is 2.70 bits per heavy atom. The number of hydrogen-bond donors (Lipinski definition) is 1. The molecule has 1 fully saturated rings. The zero-order valence-corrected chi connectivity index (χ0v) is 24.2. The molecule has 11 nitrogen and oxygen atoms in total. The number of allylic oxidation sites excluding steroid dienone is 1. The fourth-order valence-corrected chi connectivity index (χ4v) is 6.41. The number of hydrogen-bond acceptors (Lipinski definition) is 9. The van der Waals surface area contributed by atoms with Gasteiger partial charge in [-0.2, -0.15) is 4.98 Å². The van der Waals surface area contributed by atoms with Gasteiger partial charge in [-0.15, -0.1) is 6.58 Å². The van der Waals surface area contributed by atoms with E-state index in [9.17, 15) is 9.36 Å². The van der Waals surface area contributed by atoms with Crippen LogP contribution in [0.1, 0.15) is 0 Å². The first kappa shape index (κ1) is 26.3. The summed E-state index contributed by atoms with van der Waals surface area (Å²) in [5, 5.41) is 3.72. The maximum Gasteiger partial charge on any atom is 0.278 e. The molecule has 2 aliphatic heterocycles. The molecule has 0 bridgehead atoms. The summed E-state index contributed by atoms with van der Waals surface area (Å²) in [7, 11) is 1.70. The van der Waals surface area contributed by atoms with E-state index in [0.29, 0.717) is 34.3 Å². The fraction of sp³-hybridized carbons (Fsp3) is 0.357. The van der Waals surface area contributed by atoms with Crippen LogP contribution in [0.4, 0.5) is 23.0 Å². The lowest BCUT2D eigenvalue weighted by Crippen LogP contribution is -2.58. The van der Waals surface area contributed by atoms with Gasteiger partial charge >= 0.3 is 0 Å². The highest BCUT2D eigenvalue weighted by Crippen LogP contribution is 2.38. The van der Waals surface area contributed by atoms with E-state index >= 15 is 0 Å². The topological polar surface area (TPSA) is 104 Å². The van der Waals surface area contributed by atoms with E-state index in [0.717, 1.165) is 31.9 Å². The molecule has 0 aliphatic carbocycles. The normalized spacial score (nSPS) is 17.6. The van der Waals surface area contributed by atoms with Crippen LogP contribution in [0.2, 0.25) is 0 Å². The third-order valence-electron chi connectivity index (χ3n) is 7.59. The van der Waals surface area contributed by atoms with Gasteiger partial charge in [0.25, 0.3) is 5.56 Å². The van der Waals surface area contributed by atoms with Crippen molar-refractivity contribution in [2.75, 3.05) is 68.7 Å². The molecule has 0 spiro atoms. The zero-order chi connectivity index (χ0) is 28.2. The summed E-state index contributed by atoms with van der Waals surface area (Å²) in [5.74, 6) is 0.821. The number of nitrogens with one attached hydrogen (secondary N) is 1. The largest absolute Gasteiger partial charge is 0.371 e. The van der Waals surface area contributed by atoms with Gasteiger partial charge in [-0.1, -0.05) is 12.1 Å². The molecule has 2 aliphatic rings. The average molecular weight is 560 g/mol. The quantitative estimate of drug-likeness (QED) is 0.282. The zero-order valence-electron chi connectivity index (χ0n) is 23.3. The molecule has 4 aromatic rings. The Kier molecular flexibility index (Phi) is 6.51. The number of anilines is 4. The summed E-state index contributed by atoms with van der Waals surface area (Å²) in [5.41, 5.74) is 3.90. The number of nitrogens with zero attached hydrogens (tertiary/aromatic N) is 8. The number of piperazine rings is 1. The van der Waals surface area contributed by atoms with E-state index in [2.05, 4.69) is 62.8 Å². The van der Waals surface area contributed by atoms with Gasteiger partial charge in [0.05, 0.1) is 24.0 Å². The first-order valence-corrected chi connectivity index (χ1v) is 15.9. The summed E-state index contributed by atoms with van der Waals surface area (Å²) in [4.78, 5) is 34.4. The average Bonchev–Trinajstić information content (AvgIpc) is 3.19. The molecule has 40 heavy (non-hydrogen) atoms. The van der Waals surface area contributed by atoms with E-state index in [1.807, 2.05) is 6.07 Å². The van der Waals surface area contributed by atoms with Crippen molar-refractivity contribution in [3.05, 3.63) is 65.6 Å². The molecule has 0 radical (unpaired) electrons. The van der Waals surface area contributed by atoms with Crippen LogP contribution in [-0.2, 0) is 11.1 Å². The number of pyridine rings is 1. The van der Waals surface area contributed by atoms with E-state index in [-0.39, 0.29) is 12.1 Å². The van der Waals surface area contributed by atoms with Crippen molar-refractivity contribution in [2.24, 2.45) is 0 Å². The molecular formula is C28H34N9O2P. The third-order valence-corrected chi connectivity index (χ3v) is 8.94. The third kappa shape index (κ3) is 4.59. The minimum absolute atomic E-state index is 0.247. The van der Waals surface area contributed by atoms with Crippen LogP contribution in [0.15, 0.2) is 60.0 Å². The molecule has 3 aromatic heterocycles. The fourth-order valence-electron chi connectivity index (χ4n) is 5.62. The van der Waals surface area contributed by atoms with Crippen molar-refractivity contribution < 1.29 is 4.57 Å². The monoisotopic (exact) mass is 559 g/mol. The maximum atomic E-state index is 13.3. The predicted molar refractivity (Wildman–Crippen MR) is 162 cm³/mol. The van der Waals surface area contributed by atoms with E-state index < -0.39 is 7.14 Å². The summed E-state index contributed by atoms with van der Waals surface area (Å²) in [6.45, 7) is 11.4. The van der Waals surface area contributed by atoms with Gasteiger partial charge in [0.2, 0.25) is 5.95 Å². The molecule has 1 atom stereocenters. The van der Waals surface area contributed by atoms with Crippen molar-refractivity contribution in [1.29, 1.82) is 0 Å². The maximum absolute atomic E-state index is 13.3. The van der Waals surface area contributed by atoms with Crippen LogP contribution in [0.5, 0.6) is 0 Å². The number of fused-ring (bicyclic) bond motifs is 4. The second-order valence-corrected chi connectivity index (χ2v) is 14.1. The van der Waals surface area contributed by atoms with Gasteiger partial charge in [-0.25, -0.2) is 19.3 Å². The minimum atomic E-state index is -2.62. The Labute approximate surface area is 233 Å². The lowest BCUT2D eigenvalue weighted by atomic mass is 10.0. The minimum Gasteiger partial charge on any atom is -0.371 e. The predicted octanol–water partition coefficient (Wildman–Crippen LogP) is 2.72. The van der Waals surface area contributed by atoms with Crippen molar-refractivity contribution in [3.63, 3.8) is 0 Å². The Bertz CT molecular complexity index is 1720. The summed E-state index contributed by atoms with van der Waals surface area (Å²) >= 11 is 0. The Balaban J connectivity index is 1.41. The number of likely N-dealkylation sites (N-methyl/N-ethyl adjacent to an activating group) is 2. The molecule has 208 valence electrons. The Morgan fingerprint density at radius 2 is 1.93 bits per heavy atom. The molecule has 0 saturated carbocycles. The van der Waals surface area contributed by atoms with Crippen molar-refractivity contribution in [2.45, 2.75) is 12.6 Å². The van der Waals surface area contributed by atoms with E-state index in [1.54, 1.807) is 48.5 Å². The van der Waals surface area contributed by atoms with Crippen molar-refractivity contribution in [3.8, 4) is 5.82 Å². The molecule has 5 heterocycles. The number of aromatic nitrogens is 5. The van der Waals surface area contributed by atoms with Gasteiger partial charge in [0.15, 0.2) is 11.5 Å². The van der Waals surface area contributed by atoms with Crippen LogP contribution < -0.4 is 26.1 Å². The van der Waals surface area contributed by atoms with Crippen molar-refractivity contribution >= 4 is 46.6 Å². The van der Waals surface area contributed by atoms with E-state index in [4.69, 9.17) is 4.98 Å². The Hall–Kier alpha value is -3.95. The van der Waals surface area contributed by atoms with Crippen LogP contribution >= 0.6 is 7.14 Å². The van der Waals surface area contributed by atoms with Crippen LogP contribution in [0.3, 0.4) is 0 Å². The van der Waals surface area contributed by atoms with Gasteiger partial charge in [-0.3, -0.25) is 4.79 Å². The van der Waals surface area contributed by atoms with Crippen LogP contribution in [-0.4, -0.2) is 88.9 Å². The standard InChI is InChI=1S/C28H34N9O2P/c1-6-12-36-27(38)21-16-29-28(32-26(21)37(36)24-8-7-9-25(31-24)40(4,5)39)30-19-10-11-22-23(15-19)35-14-13-33(2)17-20(35)18-34(22)3/h6-11,15-16,20H,1,12-14,17-18H2,2-5H3,(H,29,30,32)/t20-/m1/s1. The van der Waals surface area contributed by atoms with Gasteiger partial charge in [-0.05, 0) is 50.7 Å². The van der Waals surface area contributed by atoms with E-state index in [1.165, 1.54) is 16.1 Å². The van der Waals surface area contributed by atoms with Gasteiger partial charge in [0, 0.05) is 45.1 Å².